The number of amides is 1. The summed E-state index contributed by atoms with van der Waals surface area (Å²) in [5.74, 6) is -2.23. The molecule has 12 heteroatoms. The molecule has 2 rings (SSSR count). The van der Waals surface area contributed by atoms with Crippen molar-refractivity contribution >= 4 is 29.4 Å². The summed E-state index contributed by atoms with van der Waals surface area (Å²) in [7, 11) is 0. The van der Waals surface area contributed by atoms with Crippen LogP contribution in [0.1, 0.15) is 72.1 Å². The number of carbonyl (C=O) groups excluding carboxylic acids is 3. The van der Waals surface area contributed by atoms with Crippen molar-refractivity contribution in [1.82, 2.24) is 14.5 Å². The Bertz CT molecular complexity index is 1210. The van der Waals surface area contributed by atoms with Gasteiger partial charge in [0.2, 0.25) is 0 Å². The largest absolute Gasteiger partial charge is 0.461 e. The summed E-state index contributed by atoms with van der Waals surface area (Å²) in [6.45, 7) is 8.48. The molecule has 0 atom stereocenters. The number of ether oxygens (including phenoxy) is 2. The Kier molecular flexibility index (Phi) is 9.43. The molecule has 192 valence electrons. The lowest BCUT2D eigenvalue weighted by molar-refractivity contribution is -0.121. The van der Waals surface area contributed by atoms with E-state index < -0.39 is 35.7 Å². The maximum absolute atomic E-state index is 13.1. The fourth-order valence-corrected chi connectivity index (χ4v) is 3.70. The number of hydrogen-bond donors (Lipinski definition) is 3. The molecule has 35 heavy (non-hydrogen) atoms. The zero-order chi connectivity index (χ0) is 26.3. The summed E-state index contributed by atoms with van der Waals surface area (Å²) in [5.41, 5.74) is 5.47. The van der Waals surface area contributed by atoms with Gasteiger partial charge in [0.1, 0.15) is 11.5 Å². The van der Waals surface area contributed by atoms with Gasteiger partial charge in [0, 0.05) is 18.8 Å². The van der Waals surface area contributed by atoms with Crippen LogP contribution >= 0.6 is 0 Å². The fraction of sp³-hybridized carbons (Fsp3) is 0.522. The second kappa shape index (κ2) is 12.0. The molecule has 0 bridgehead atoms. The van der Waals surface area contributed by atoms with Crippen LogP contribution in [-0.4, -0.2) is 52.1 Å². The molecule has 0 aliphatic rings. The van der Waals surface area contributed by atoms with E-state index in [-0.39, 0.29) is 42.5 Å². The normalized spacial score (nSPS) is 10.8. The number of H-pyrrole nitrogens is 2. The lowest BCUT2D eigenvalue weighted by atomic mass is 10.1. The molecule has 4 N–H and O–H groups in total. The highest BCUT2D eigenvalue weighted by Gasteiger charge is 2.27. The van der Waals surface area contributed by atoms with E-state index in [1.54, 1.807) is 20.8 Å². The van der Waals surface area contributed by atoms with Gasteiger partial charge in [-0.3, -0.25) is 19.1 Å². The molecule has 0 aliphatic carbocycles. The molecule has 0 saturated heterocycles. The van der Waals surface area contributed by atoms with Crippen LogP contribution in [0.3, 0.4) is 0 Å². The summed E-state index contributed by atoms with van der Waals surface area (Å²) in [6.07, 6.45) is 1.85. The number of rotatable bonds is 11. The van der Waals surface area contributed by atoms with Gasteiger partial charge in [0.15, 0.2) is 12.3 Å². The second-order valence-corrected chi connectivity index (χ2v) is 7.97. The summed E-state index contributed by atoms with van der Waals surface area (Å²) in [4.78, 5) is 68.8. The molecule has 0 spiro atoms. The van der Waals surface area contributed by atoms with E-state index in [1.807, 2.05) is 13.8 Å². The number of nitrogen functional groups attached to an aromatic ring is 1. The molecule has 0 fully saturated rings. The maximum Gasteiger partial charge on any atom is 0.355 e. The number of carbonyl (C=O) groups is 3. The Hall–Kier alpha value is -3.83. The first-order valence-electron chi connectivity index (χ1n) is 11.5. The first-order valence-corrected chi connectivity index (χ1v) is 11.5. The van der Waals surface area contributed by atoms with Crippen molar-refractivity contribution < 1.29 is 23.9 Å². The van der Waals surface area contributed by atoms with E-state index in [9.17, 15) is 24.0 Å². The molecule has 1 amide bonds. The highest BCUT2D eigenvalue weighted by molar-refractivity contribution is 6.01. The van der Waals surface area contributed by atoms with Gasteiger partial charge in [-0.05, 0) is 39.2 Å². The Labute approximate surface area is 202 Å². The number of nitrogens with zero attached hydrogens (tertiary/aromatic N) is 2. The highest BCUT2D eigenvalue weighted by atomic mass is 16.5. The minimum absolute atomic E-state index is 0.120. The van der Waals surface area contributed by atoms with Crippen LogP contribution in [0.2, 0.25) is 0 Å². The summed E-state index contributed by atoms with van der Waals surface area (Å²) in [6, 6.07) is 0. The van der Waals surface area contributed by atoms with Crippen LogP contribution in [0, 0.1) is 13.8 Å². The SMILES string of the molecule is CCCCN(C(=O)COC(=O)c1c(C)[nH]c(C(=O)OCC)c1C)c1c(N)n(CCC)c(=O)[nH]c1=O. The number of nitrogens with two attached hydrogens (primary N) is 1. The molecule has 0 aromatic carbocycles. The van der Waals surface area contributed by atoms with Crippen LogP contribution < -0.4 is 21.9 Å². The number of aromatic nitrogens is 3. The molecule has 0 radical (unpaired) electrons. The van der Waals surface area contributed by atoms with Gasteiger partial charge >= 0.3 is 17.6 Å². The molecule has 2 heterocycles. The van der Waals surface area contributed by atoms with Crippen molar-refractivity contribution in [2.45, 2.75) is 60.4 Å². The van der Waals surface area contributed by atoms with Gasteiger partial charge in [-0.1, -0.05) is 20.3 Å². The third-order valence-corrected chi connectivity index (χ3v) is 5.42. The predicted octanol–water partition coefficient (Wildman–Crippen LogP) is 1.64. The van der Waals surface area contributed by atoms with Crippen LogP contribution in [0.15, 0.2) is 9.59 Å². The molecule has 12 nitrogen and oxygen atoms in total. The van der Waals surface area contributed by atoms with E-state index in [1.165, 1.54) is 4.57 Å². The van der Waals surface area contributed by atoms with Crippen LogP contribution in [0.5, 0.6) is 0 Å². The Balaban J connectivity index is 2.32. The molecular formula is C23H33N5O7. The first-order chi connectivity index (χ1) is 16.6. The first kappa shape index (κ1) is 27.4. The van der Waals surface area contributed by atoms with E-state index in [0.717, 1.165) is 4.90 Å². The summed E-state index contributed by atoms with van der Waals surface area (Å²) < 4.78 is 11.4. The maximum atomic E-state index is 13.1. The fourth-order valence-electron chi connectivity index (χ4n) is 3.70. The quantitative estimate of drug-likeness (QED) is 0.398. The van der Waals surface area contributed by atoms with E-state index in [4.69, 9.17) is 15.2 Å². The lowest BCUT2D eigenvalue weighted by Gasteiger charge is -2.24. The number of aromatic amines is 2. The standard InChI is InChI=1S/C23H33N5O7/c1-6-9-11-27(18-19(24)28(10-7-2)23(33)26-20(18)30)15(29)12-35-21(31)16-13(4)17(25-14(16)5)22(32)34-8-3/h25H,6-12,24H2,1-5H3,(H,26,30,33). The average Bonchev–Trinajstić information content (AvgIpc) is 3.10. The number of unbranched alkanes of at least 4 members (excludes halogenated alkanes) is 1. The molecule has 0 saturated carbocycles. The molecule has 0 aliphatic heterocycles. The van der Waals surface area contributed by atoms with E-state index >= 15 is 0 Å². The van der Waals surface area contributed by atoms with Gasteiger partial charge in [0.05, 0.1) is 12.2 Å². The molecule has 2 aromatic rings. The number of nitrogens with one attached hydrogen (secondary N) is 2. The third kappa shape index (κ3) is 6.00. The Morgan fingerprint density at radius 1 is 1.00 bits per heavy atom. The molecule has 0 unspecified atom stereocenters. The monoisotopic (exact) mass is 491 g/mol. The van der Waals surface area contributed by atoms with Crippen molar-refractivity contribution in [2.24, 2.45) is 0 Å². The van der Waals surface area contributed by atoms with Crippen molar-refractivity contribution in [3.63, 3.8) is 0 Å². The summed E-state index contributed by atoms with van der Waals surface area (Å²) in [5, 5.41) is 0. The van der Waals surface area contributed by atoms with E-state index in [0.29, 0.717) is 30.5 Å². The number of anilines is 2. The van der Waals surface area contributed by atoms with Gasteiger partial charge < -0.3 is 25.1 Å². The number of esters is 2. The topological polar surface area (TPSA) is 170 Å². The molecule has 2 aromatic heterocycles. The van der Waals surface area contributed by atoms with Crippen molar-refractivity contribution in [3.8, 4) is 0 Å². The minimum Gasteiger partial charge on any atom is -0.461 e. The van der Waals surface area contributed by atoms with Crippen LogP contribution in [0.25, 0.3) is 0 Å². The van der Waals surface area contributed by atoms with Crippen LogP contribution in [-0.2, 0) is 20.8 Å². The van der Waals surface area contributed by atoms with Gasteiger partial charge in [-0.2, -0.15) is 0 Å². The predicted molar refractivity (Wildman–Crippen MR) is 130 cm³/mol. The van der Waals surface area contributed by atoms with E-state index in [2.05, 4.69) is 9.97 Å². The summed E-state index contributed by atoms with van der Waals surface area (Å²) >= 11 is 0. The second-order valence-electron chi connectivity index (χ2n) is 7.97. The highest BCUT2D eigenvalue weighted by Crippen LogP contribution is 2.21. The smallest absolute Gasteiger partial charge is 0.355 e. The Morgan fingerprint density at radius 3 is 2.29 bits per heavy atom. The lowest BCUT2D eigenvalue weighted by Crippen LogP contribution is -2.43. The molecular weight excluding hydrogens is 458 g/mol. The minimum atomic E-state index is -0.812. The van der Waals surface area contributed by atoms with Crippen LogP contribution in [0.4, 0.5) is 11.5 Å². The van der Waals surface area contributed by atoms with Gasteiger partial charge in [-0.15, -0.1) is 0 Å². The van der Waals surface area contributed by atoms with Crippen molar-refractivity contribution in [3.05, 3.63) is 43.4 Å². The number of hydrogen-bond acceptors (Lipinski definition) is 8. The zero-order valence-electron chi connectivity index (χ0n) is 20.8. The van der Waals surface area contributed by atoms with Crippen molar-refractivity contribution in [1.29, 1.82) is 0 Å². The number of aryl methyl sites for hydroxylation is 1. The average molecular weight is 492 g/mol. The van der Waals surface area contributed by atoms with Gasteiger partial charge in [-0.25, -0.2) is 14.4 Å². The third-order valence-electron chi connectivity index (χ3n) is 5.42. The zero-order valence-corrected chi connectivity index (χ0v) is 20.8. The van der Waals surface area contributed by atoms with Crippen molar-refractivity contribution in [2.75, 3.05) is 30.4 Å². The van der Waals surface area contributed by atoms with Gasteiger partial charge in [0.25, 0.3) is 11.5 Å². The Morgan fingerprint density at radius 2 is 1.69 bits per heavy atom.